The Morgan fingerprint density at radius 2 is 1.65 bits per heavy atom. The second-order valence-corrected chi connectivity index (χ2v) is 10.1. The van der Waals surface area contributed by atoms with Gasteiger partial charge in [0.25, 0.3) is 0 Å². The summed E-state index contributed by atoms with van der Waals surface area (Å²) in [6.45, 7) is 7.94. The molecule has 2 rings (SSSR count). The summed E-state index contributed by atoms with van der Waals surface area (Å²) in [6, 6.07) is 13.7. The topological polar surface area (TPSA) is 75.7 Å². The summed E-state index contributed by atoms with van der Waals surface area (Å²) in [5, 5.41) is 3.10. The highest BCUT2D eigenvalue weighted by atomic mass is 32.2. The Hall–Kier alpha value is -2.54. The molecule has 7 heteroatoms. The zero-order valence-electron chi connectivity index (χ0n) is 19.3. The van der Waals surface area contributed by atoms with Crippen LogP contribution in [0.1, 0.15) is 50.8 Å². The number of anilines is 1. The van der Waals surface area contributed by atoms with Crippen molar-refractivity contribution in [2.24, 2.45) is 5.92 Å². The van der Waals surface area contributed by atoms with Crippen molar-refractivity contribution in [1.82, 2.24) is 5.32 Å². The highest BCUT2D eigenvalue weighted by Gasteiger charge is 2.32. The molecule has 0 heterocycles. The molecular weight excluding hydrogens is 412 g/mol. The average molecular weight is 447 g/mol. The third kappa shape index (κ3) is 6.72. The molecule has 2 aromatic rings. The van der Waals surface area contributed by atoms with Crippen molar-refractivity contribution in [3.63, 3.8) is 0 Å². The van der Waals surface area contributed by atoms with Crippen LogP contribution in [-0.4, -0.2) is 33.7 Å². The number of carbonyl (C=O) groups excluding carboxylic acids is 1. The molecule has 0 aliphatic rings. The molecule has 0 aromatic heterocycles. The van der Waals surface area contributed by atoms with Crippen molar-refractivity contribution in [2.45, 2.75) is 52.6 Å². The number of methoxy groups -OCH3 is 1. The van der Waals surface area contributed by atoms with E-state index in [1.165, 1.54) is 4.31 Å². The number of nitrogens with one attached hydrogen (secondary N) is 1. The molecule has 170 valence electrons. The summed E-state index contributed by atoms with van der Waals surface area (Å²) in [4.78, 5) is 13.3. The van der Waals surface area contributed by atoms with Crippen LogP contribution in [-0.2, 0) is 14.8 Å². The third-order valence-electron chi connectivity index (χ3n) is 5.16. The van der Waals surface area contributed by atoms with Gasteiger partial charge in [0.1, 0.15) is 11.8 Å². The number of benzene rings is 2. The zero-order chi connectivity index (χ0) is 23.2. The lowest BCUT2D eigenvalue weighted by Gasteiger charge is -2.32. The van der Waals surface area contributed by atoms with Crippen molar-refractivity contribution >= 4 is 21.6 Å². The molecule has 0 radical (unpaired) electrons. The van der Waals surface area contributed by atoms with E-state index < -0.39 is 16.1 Å². The van der Waals surface area contributed by atoms with Gasteiger partial charge in [-0.3, -0.25) is 9.10 Å². The van der Waals surface area contributed by atoms with E-state index >= 15 is 0 Å². The van der Waals surface area contributed by atoms with Crippen LogP contribution in [0.25, 0.3) is 0 Å². The number of sulfonamides is 1. The number of aryl methyl sites for hydroxylation is 1. The fourth-order valence-electron chi connectivity index (χ4n) is 3.61. The molecule has 2 atom stereocenters. The average Bonchev–Trinajstić information content (AvgIpc) is 2.71. The van der Waals surface area contributed by atoms with Crippen LogP contribution >= 0.6 is 0 Å². The lowest BCUT2D eigenvalue weighted by molar-refractivity contribution is -0.123. The number of nitrogens with zero attached hydrogens (tertiary/aromatic N) is 1. The van der Waals surface area contributed by atoms with Crippen LogP contribution in [0.2, 0.25) is 0 Å². The van der Waals surface area contributed by atoms with Gasteiger partial charge in [-0.2, -0.15) is 0 Å². The Morgan fingerprint density at radius 3 is 2.10 bits per heavy atom. The first-order valence-electron chi connectivity index (χ1n) is 10.6. The van der Waals surface area contributed by atoms with Gasteiger partial charge in [-0.1, -0.05) is 50.6 Å². The first kappa shape index (κ1) is 24.7. The highest BCUT2D eigenvalue weighted by Crippen LogP contribution is 2.26. The predicted molar refractivity (Wildman–Crippen MR) is 126 cm³/mol. The molecule has 0 unspecified atom stereocenters. The molecule has 1 N–H and O–H groups in total. The maximum Gasteiger partial charge on any atom is 0.244 e. The normalized spacial score (nSPS) is 13.5. The number of amides is 1. The molecule has 2 aromatic carbocycles. The minimum atomic E-state index is -3.66. The number of rotatable bonds is 10. The van der Waals surface area contributed by atoms with Crippen molar-refractivity contribution in [1.29, 1.82) is 0 Å². The Kier molecular flexibility index (Phi) is 8.51. The first-order chi connectivity index (χ1) is 14.6. The van der Waals surface area contributed by atoms with Crippen LogP contribution in [0.4, 0.5) is 5.69 Å². The van der Waals surface area contributed by atoms with Gasteiger partial charge in [-0.05, 0) is 55.5 Å². The number of hydrogen-bond acceptors (Lipinski definition) is 4. The second-order valence-electron chi connectivity index (χ2n) is 8.28. The van der Waals surface area contributed by atoms with Crippen LogP contribution in [0.15, 0.2) is 48.5 Å². The second kappa shape index (κ2) is 10.7. The maximum absolute atomic E-state index is 13.3. The Labute approximate surface area is 186 Å². The van der Waals surface area contributed by atoms with E-state index in [1.54, 1.807) is 19.2 Å². The summed E-state index contributed by atoms with van der Waals surface area (Å²) in [5.74, 6) is 0.776. The van der Waals surface area contributed by atoms with Gasteiger partial charge in [0, 0.05) is 0 Å². The van der Waals surface area contributed by atoms with Gasteiger partial charge >= 0.3 is 0 Å². The largest absolute Gasteiger partial charge is 0.497 e. The number of ether oxygens (including phenoxy) is 1. The maximum atomic E-state index is 13.3. The van der Waals surface area contributed by atoms with Crippen molar-refractivity contribution in [3.05, 3.63) is 59.7 Å². The smallest absolute Gasteiger partial charge is 0.244 e. The zero-order valence-corrected chi connectivity index (χ0v) is 20.1. The lowest BCUT2D eigenvalue weighted by atomic mass is 9.96. The quantitative estimate of drug-likeness (QED) is 0.585. The van der Waals surface area contributed by atoms with Crippen molar-refractivity contribution < 1.29 is 17.9 Å². The molecule has 0 aliphatic carbocycles. The highest BCUT2D eigenvalue weighted by molar-refractivity contribution is 7.92. The van der Waals surface area contributed by atoms with E-state index in [4.69, 9.17) is 4.74 Å². The molecule has 0 bridgehead atoms. The van der Waals surface area contributed by atoms with E-state index in [2.05, 4.69) is 19.2 Å². The predicted octanol–water partition coefficient (Wildman–Crippen LogP) is 4.45. The molecule has 0 saturated heterocycles. The fraction of sp³-hybridized carbons (Fsp3) is 0.458. The van der Waals surface area contributed by atoms with Crippen molar-refractivity contribution in [3.8, 4) is 5.75 Å². The van der Waals surface area contributed by atoms with E-state index in [9.17, 15) is 13.2 Å². The molecule has 0 aliphatic heterocycles. The van der Waals surface area contributed by atoms with Crippen LogP contribution < -0.4 is 14.4 Å². The summed E-state index contributed by atoms with van der Waals surface area (Å²) in [7, 11) is -2.05. The van der Waals surface area contributed by atoms with Gasteiger partial charge in [0.15, 0.2) is 0 Å². The SMILES string of the molecule is CC[C@H](C(=O)N[C@@H](CC(C)C)c1ccc(OC)cc1)N(c1ccc(C)cc1)S(C)(=O)=O. The molecule has 6 nitrogen and oxygen atoms in total. The van der Waals surface area contributed by atoms with E-state index in [1.807, 2.05) is 50.2 Å². The van der Waals surface area contributed by atoms with Gasteiger partial charge < -0.3 is 10.1 Å². The van der Waals surface area contributed by atoms with Crippen LogP contribution in [0.3, 0.4) is 0 Å². The Balaban J connectivity index is 2.36. The van der Waals surface area contributed by atoms with Gasteiger partial charge in [0.05, 0.1) is 25.1 Å². The van der Waals surface area contributed by atoms with E-state index in [-0.39, 0.29) is 11.9 Å². The minimum Gasteiger partial charge on any atom is -0.497 e. The number of carbonyl (C=O) groups is 1. The Bertz CT molecular complexity index is 954. The summed E-state index contributed by atoms with van der Waals surface area (Å²) >= 11 is 0. The molecule has 0 saturated carbocycles. The van der Waals surface area contributed by atoms with Crippen molar-refractivity contribution in [2.75, 3.05) is 17.7 Å². The van der Waals surface area contributed by atoms with E-state index in [0.717, 1.165) is 29.6 Å². The fourth-order valence-corrected chi connectivity index (χ4v) is 4.82. The van der Waals surface area contributed by atoms with Gasteiger partial charge in [-0.25, -0.2) is 8.42 Å². The molecule has 31 heavy (non-hydrogen) atoms. The first-order valence-corrected chi connectivity index (χ1v) is 12.4. The lowest BCUT2D eigenvalue weighted by Crippen LogP contribution is -2.50. The van der Waals surface area contributed by atoms with Crippen LogP contribution in [0.5, 0.6) is 5.75 Å². The van der Waals surface area contributed by atoms with E-state index in [0.29, 0.717) is 18.0 Å². The molecular formula is C24H34N2O4S. The Morgan fingerprint density at radius 1 is 1.06 bits per heavy atom. The molecule has 1 amide bonds. The monoisotopic (exact) mass is 446 g/mol. The summed E-state index contributed by atoms with van der Waals surface area (Å²) < 4.78 is 31.8. The molecule has 0 spiro atoms. The minimum absolute atomic E-state index is 0.230. The third-order valence-corrected chi connectivity index (χ3v) is 6.34. The summed E-state index contributed by atoms with van der Waals surface area (Å²) in [6.07, 6.45) is 2.22. The molecule has 0 fully saturated rings. The number of hydrogen-bond donors (Lipinski definition) is 1. The van der Waals surface area contributed by atoms with Gasteiger partial charge in [0.2, 0.25) is 15.9 Å². The standard InChI is InChI=1S/C24H34N2O4S/c1-7-23(26(31(6,28)29)20-12-8-18(4)9-13-20)24(27)25-22(16-17(2)3)19-10-14-21(30-5)15-11-19/h8-15,17,22-23H,7,16H2,1-6H3,(H,25,27)/t22-,23+/m0/s1. The van der Waals surface area contributed by atoms with Gasteiger partial charge in [-0.15, -0.1) is 0 Å². The summed E-state index contributed by atoms with van der Waals surface area (Å²) in [5.41, 5.74) is 2.46. The van der Waals surface area contributed by atoms with Crippen LogP contribution in [0, 0.1) is 12.8 Å².